The van der Waals surface area contributed by atoms with Crippen molar-refractivity contribution in [1.82, 2.24) is 0 Å². The van der Waals surface area contributed by atoms with Gasteiger partial charge in [-0.3, -0.25) is 0 Å². The Balaban J connectivity index is 2.14. The molecule has 1 fully saturated rings. The third-order valence-corrected chi connectivity index (χ3v) is 2.95. The standard InChI is InChI=1S/C11H10N2/c12-6-9(7-13)5-11-4-8-1-2-10(11)3-8/h1-2,5,8,10-11H,3-4H2. The van der Waals surface area contributed by atoms with Gasteiger partial charge in [-0.25, -0.2) is 0 Å². The minimum absolute atomic E-state index is 0.269. The van der Waals surface area contributed by atoms with Crippen LogP contribution < -0.4 is 0 Å². The molecule has 3 unspecified atom stereocenters. The SMILES string of the molecule is N#CC(C#N)=CC1CC2C=CC1C2. The summed E-state index contributed by atoms with van der Waals surface area (Å²) in [5, 5.41) is 17.2. The highest BCUT2D eigenvalue weighted by atomic mass is 14.4. The first-order valence-electron chi connectivity index (χ1n) is 4.54. The monoisotopic (exact) mass is 170 g/mol. The quantitative estimate of drug-likeness (QED) is 0.447. The van der Waals surface area contributed by atoms with Gasteiger partial charge in [-0.05, 0) is 30.6 Å². The lowest BCUT2D eigenvalue weighted by Crippen LogP contribution is -2.03. The number of allylic oxidation sites excluding steroid dienone is 4. The van der Waals surface area contributed by atoms with Crippen molar-refractivity contribution in [3.63, 3.8) is 0 Å². The van der Waals surface area contributed by atoms with E-state index in [0.29, 0.717) is 17.8 Å². The van der Waals surface area contributed by atoms with E-state index in [4.69, 9.17) is 10.5 Å². The van der Waals surface area contributed by atoms with E-state index in [1.54, 1.807) is 0 Å². The van der Waals surface area contributed by atoms with Gasteiger partial charge in [0.05, 0.1) is 0 Å². The highest BCUT2D eigenvalue weighted by Crippen LogP contribution is 2.44. The summed E-state index contributed by atoms with van der Waals surface area (Å²) in [5.41, 5.74) is 0.269. The molecule has 13 heavy (non-hydrogen) atoms. The van der Waals surface area contributed by atoms with Crippen LogP contribution in [-0.4, -0.2) is 0 Å². The van der Waals surface area contributed by atoms with Gasteiger partial charge in [-0.15, -0.1) is 0 Å². The summed E-state index contributed by atoms with van der Waals surface area (Å²) in [4.78, 5) is 0. The summed E-state index contributed by atoms with van der Waals surface area (Å²) < 4.78 is 0. The number of fused-ring (bicyclic) bond motifs is 2. The Hall–Kier alpha value is -1.54. The third kappa shape index (κ3) is 1.36. The Labute approximate surface area is 77.8 Å². The summed E-state index contributed by atoms with van der Waals surface area (Å²) in [7, 11) is 0. The second kappa shape index (κ2) is 3.07. The van der Waals surface area contributed by atoms with E-state index in [0.717, 1.165) is 6.42 Å². The van der Waals surface area contributed by atoms with Gasteiger partial charge in [0.2, 0.25) is 0 Å². The molecule has 2 aliphatic rings. The molecule has 0 aromatic carbocycles. The van der Waals surface area contributed by atoms with Gasteiger partial charge < -0.3 is 0 Å². The van der Waals surface area contributed by atoms with Crippen LogP contribution in [0.25, 0.3) is 0 Å². The van der Waals surface area contributed by atoms with E-state index >= 15 is 0 Å². The Kier molecular flexibility index (Phi) is 1.91. The van der Waals surface area contributed by atoms with Crippen molar-refractivity contribution in [3.05, 3.63) is 23.8 Å². The Morgan fingerprint density at radius 1 is 1.23 bits per heavy atom. The molecule has 0 saturated heterocycles. The van der Waals surface area contributed by atoms with Crippen molar-refractivity contribution in [1.29, 1.82) is 10.5 Å². The van der Waals surface area contributed by atoms with E-state index in [1.165, 1.54) is 6.42 Å². The molecule has 0 spiro atoms. The van der Waals surface area contributed by atoms with Crippen LogP contribution in [0, 0.1) is 40.4 Å². The van der Waals surface area contributed by atoms with Crippen molar-refractivity contribution < 1.29 is 0 Å². The van der Waals surface area contributed by atoms with Crippen molar-refractivity contribution in [2.24, 2.45) is 17.8 Å². The predicted octanol–water partition coefficient (Wildman–Crippen LogP) is 2.17. The Bertz CT molecular complexity index is 335. The van der Waals surface area contributed by atoms with E-state index in [2.05, 4.69) is 12.2 Å². The molecule has 2 rings (SSSR count). The Morgan fingerprint density at radius 3 is 2.46 bits per heavy atom. The zero-order valence-corrected chi connectivity index (χ0v) is 7.27. The molecular weight excluding hydrogens is 160 g/mol. The van der Waals surface area contributed by atoms with Crippen LogP contribution in [0.15, 0.2) is 23.8 Å². The van der Waals surface area contributed by atoms with Crippen molar-refractivity contribution in [2.75, 3.05) is 0 Å². The molecule has 0 aromatic heterocycles. The summed E-state index contributed by atoms with van der Waals surface area (Å²) in [6, 6.07) is 3.83. The van der Waals surface area contributed by atoms with Gasteiger partial charge in [-0.2, -0.15) is 10.5 Å². The third-order valence-electron chi connectivity index (χ3n) is 2.95. The van der Waals surface area contributed by atoms with E-state index in [1.807, 2.05) is 18.2 Å². The smallest absolute Gasteiger partial charge is 0.126 e. The molecule has 2 bridgehead atoms. The lowest BCUT2D eigenvalue weighted by molar-refractivity contribution is 0.549. The average molecular weight is 170 g/mol. The molecule has 0 heterocycles. The van der Waals surface area contributed by atoms with E-state index in [-0.39, 0.29) is 5.57 Å². The number of hydrogen-bond acceptors (Lipinski definition) is 2. The number of hydrogen-bond donors (Lipinski definition) is 0. The number of rotatable bonds is 1. The minimum Gasteiger partial charge on any atom is -0.192 e. The summed E-state index contributed by atoms with van der Waals surface area (Å²) in [6.07, 6.45) is 8.66. The molecule has 3 atom stereocenters. The fourth-order valence-corrected chi connectivity index (χ4v) is 2.33. The zero-order chi connectivity index (χ0) is 9.26. The molecule has 0 radical (unpaired) electrons. The van der Waals surface area contributed by atoms with Gasteiger partial charge in [-0.1, -0.05) is 18.2 Å². The van der Waals surface area contributed by atoms with Gasteiger partial charge in [0, 0.05) is 0 Å². The van der Waals surface area contributed by atoms with E-state index < -0.39 is 0 Å². The highest BCUT2D eigenvalue weighted by Gasteiger charge is 2.34. The first-order chi connectivity index (χ1) is 6.33. The maximum Gasteiger partial charge on any atom is 0.126 e. The topological polar surface area (TPSA) is 47.6 Å². The van der Waals surface area contributed by atoms with Gasteiger partial charge in [0.1, 0.15) is 17.7 Å². The Morgan fingerprint density at radius 2 is 2.00 bits per heavy atom. The molecule has 2 nitrogen and oxygen atoms in total. The van der Waals surface area contributed by atoms with Crippen LogP contribution in [0.5, 0.6) is 0 Å². The lowest BCUT2D eigenvalue weighted by Gasteiger charge is -2.12. The maximum absolute atomic E-state index is 8.60. The molecule has 0 N–H and O–H groups in total. The van der Waals surface area contributed by atoms with Gasteiger partial charge in [0.25, 0.3) is 0 Å². The molecule has 0 aromatic rings. The lowest BCUT2D eigenvalue weighted by atomic mass is 9.92. The zero-order valence-electron chi connectivity index (χ0n) is 7.27. The first-order valence-corrected chi connectivity index (χ1v) is 4.54. The van der Waals surface area contributed by atoms with Crippen LogP contribution in [0.2, 0.25) is 0 Å². The summed E-state index contributed by atoms with van der Waals surface area (Å²) >= 11 is 0. The average Bonchev–Trinajstić information content (AvgIpc) is 2.75. The predicted molar refractivity (Wildman–Crippen MR) is 48.2 cm³/mol. The van der Waals surface area contributed by atoms with Gasteiger partial charge >= 0.3 is 0 Å². The fraction of sp³-hybridized carbons (Fsp3) is 0.455. The van der Waals surface area contributed by atoms with Crippen molar-refractivity contribution >= 4 is 0 Å². The van der Waals surface area contributed by atoms with Crippen molar-refractivity contribution in [3.8, 4) is 12.1 Å². The van der Waals surface area contributed by atoms with Crippen LogP contribution in [-0.2, 0) is 0 Å². The fourth-order valence-electron chi connectivity index (χ4n) is 2.33. The maximum atomic E-state index is 8.60. The minimum atomic E-state index is 0.269. The van der Waals surface area contributed by atoms with Gasteiger partial charge in [0.15, 0.2) is 0 Å². The molecule has 2 aliphatic carbocycles. The number of nitriles is 2. The summed E-state index contributed by atoms with van der Waals surface area (Å²) in [5.74, 6) is 1.72. The normalized spacial score (nSPS) is 33.8. The molecule has 0 amide bonds. The largest absolute Gasteiger partial charge is 0.192 e. The first kappa shape index (κ1) is 8.08. The second-order valence-corrected chi connectivity index (χ2v) is 3.75. The van der Waals surface area contributed by atoms with Crippen molar-refractivity contribution in [2.45, 2.75) is 12.8 Å². The van der Waals surface area contributed by atoms with Crippen LogP contribution in [0.4, 0.5) is 0 Å². The van der Waals surface area contributed by atoms with Crippen LogP contribution in [0.3, 0.4) is 0 Å². The number of nitrogens with zero attached hydrogens (tertiary/aromatic N) is 2. The molecular formula is C11H10N2. The van der Waals surface area contributed by atoms with E-state index in [9.17, 15) is 0 Å². The summed E-state index contributed by atoms with van der Waals surface area (Å²) in [6.45, 7) is 0. The molecule has 2 heteroatoms. The van der Waals surface area contributed by atoms with Crippen LogP contribution >= 0.6 is 0 Å². The molecule has 0 aliphatic heterocycles. The molecule has 1 saturated carbocycles. The van der Waals surface area contributed by atoms with Crippen LogP contribution in [0.1, 0.15) is 12.8 Å². The highest BCUT2D eigenvalue weighted by molar-refractivity contribution is 5.36. The second-order valence-electron chi connectivity index (χ2n) is 3.75. The molecule has 64 valence electrons.